The molecule has 0 fully saturated rings. The summed E-state index contributed by atoms with van der Waals surface area (Å²) in [4.78, 5) is 12.4. The van der Waals surface area contributed by atoms with E-state index in [2.05, 4.69) is 47.1 Å². The number of hydrogen-bond acceptors (Lipinski definition) is 4. The summed E-state index contributed by atoms with van der Waals surface area (Å²) in [5.41, 5.74) is 7.95. The van der Waals surface area contributed by atoms with Crippen LogP contribution in [-0.4, -0.2) is 29.4 Å². The monoisotopic (exact) mass is 389 g/mol. The lowest BCUT2D eigenvalue weighted by molar-refractivity contribution is -0.130. The van der Waals surface area contributed by atoms with E-state index < -0.39 is 6.10 Å². The summed E-state index contributed by atoms with van der Waals surface area (Å²) in [5, 5.41) is 4.13. The minimum atomic E-state index is -0.734. The maximum absolute atomic E-state index is 12.4. The van der Waals surface area contributed by atoms with Crippen LogP contribution in [-0.2, 0) is 4.79 Å². The molecule has 0 aliphatic carbocycles. The molecule has 0 radical (unpaired) electrons. The summed E-state index contributed by atoms with van der Waals surface area (Å²) >= 11 is 0. The zero-order chi connectivity index (χ0) is 20.4. The Morgan fingerprint density at radius 2 is 1.90 bits per heavy atom. The molecule has 29 heavy (non-hydrogen) atoms. The molecule has 6 heteroatoms. The first-order chi connectivity index (χ1) is 14.0. The van der Waals surface area contributed by atoms with Gasteiger partial charge < -0.3 is 14.0 Å². The highest BCUT2D eigenvalue weighted by molar-refractivity contribution is 5.86. The van der Waals surface area contributed by atoms with E-state index in [-0.39, 0.29) is 12.5 Å². The van der Waals surface area contributed by atoms with Gasteiger partial charge in [0, 0.05) is 22.6 Å². The van der Waals surface area contributed by atoms with E-state index in [0.717, 1.165) is 22.6 Å². The molecule has 4 rings (SSSR count). The van der Waals surface area contributed by atoms with E-state index in [1.807, 2.05) is 37.3 Å². The van der Waals surface area contributed by atoms with Crippen molar-refractivity contribution < 1.29 is 14.3 Å². The first kappa shape index (κ1) is 18.8. The smallest absolute Gasteiger partial charge is 0.284 e. The van der Waals surface area contributed by atoms with Gasteiger partial charge in [0.15, 0.2) is 11.5 Å². The van der Waals surface area contributed by atoms with E-state index in [1.165, 1.54) is 5.56 Å². The van der Waals surface area contributed by atoms with E-state index in [0.29, 0.717) is 11.5 Å². The van der Waals surface area contributed by atoms with E-state index in [4.69, 9.17) is 9.47 Å². The van der Waals surface area contributed by atoms with Crippen molar-refractivity contribution in [3.05, 3.63) is 77.1 Å². The van der Waals surface area contributed by atoms with Crippen LogP contribution in [0.4, 0.5) is 0 Å². The minimum Gasteiger partial charge on any atom is -0.485 e. The van der Waals surface area contributed by atoms with Crippen LogP contribution in [0.1, 0.15) is 22.5 Å². The van der Waals surface area contributed by atoms with Crippen LogP contribution in [0.2, 0.25) is 0 Å². The molecule has 1 aromatic heterocycles. The number of aromatic nitrogens is 1. The number of amides is 1. The van der Waals surface area contributed by atoms with Crippen molar-refractivity contribution in [3.63, 3.8) is 0 Å². The van der Waals surface area contributed by atoms with Crippen molar-refractivity contribution in [3.8, 4) is 17.2 Å². The second-order valence-corrected chi connectivity index (χ2v) is 7.10. The number of nitrogens with zero attached hydrogens (tertiary/aromatic N) is 2. The molecule has 1 aliphatic heterocycles. The Labute approximate surface area is 169 Å². The van der Waals surface area contributed by atoms with Crippen LogP contribution in [0.25, 0.3) is 5.69 Å². The molecule has 0 unspecified atom stereocenters. The Kier molecular flexibility index (Phi) is 5.08. The van der Waals surface area contributed by atoms with Gasteiger partial charge in [0.25, 0.3) is 5.91 Å². The number of fused-ring (bicyclic) bond motifs is 1. The standard InChI is InChI=1S/C23H23N3O3/c1-15-7-6-8-19(11-15)26-16(2)12-18(17(26)3)13-24-25-23(27)22-14-28-20-9-4-5-10-21(20)29-22/h4-13,22H,14H2,1-3H3,(H,25,27)/b24-13-/t22-/m0/s1. The zero-order valence-corrected chi connectivity index (χ0v) is 16.7. The van der Waals surface area contributed by atoms with Crippen LogP contribution in [0.15, 0.2) is 59.7 Å². The molecule has 148 valence electrons. The van der Waals surface area contributed by atoms with Gasteiger partial charge in [-0.1, -0.05) is 24.3 Å². The van der Waals surface area contributed by atoms with Gasteiger partial charge >= 0.3 is 0 Å². The van der Waals surface area contributed by atoms with Gasteiger partial charge in [-0.15, -0.1) is 0 Å². The molecular weight excluding hydrogens is 366 g/mol. The number of carbonyl (C=O) groups is 1. The van der Waals surface area contributed by atoms with Gasteiger partial charge in [-0.05, 0) is 56.7 Å². The molecule has 1 amide bonds. The first-order valence-electron chi connectivity index (χ1n) is 9.50. The number of hydrazone groups is 1. The zero-order valence-electron chi connectivity index (χ0n) is 16.7. The fourth-order valence-electron chi connectivity index (χ4n) is 3.47. The van der Waals surface area contributed by atoms with Gasteiger partial charge in [-0.2, -0.15) is 5.10 Å². The lowest BCUT2D eigenvalue weighted by Crippen LogP contribution is -2.42. The van der Waals surface area contributed by atoms with Crippen LogP contribution >= 0.6 is 0 Å². The van der Waals surface area contributed by atoms with Gasteiger partial charge in [0.2, 0.25) is 6.10 Å². The maximum Gasteiger partial charge on any atom is 0.284 e. The van der Waals surface area contributed by atoms with Crippen LogP contribution in [0.3, 0.4) is 0 Å². The number of ether oxygens (including phenoxy) is 2. The summed E-state index contributed by atoms with van der Waals surface area (Å²) in [7, 11) is 0. The molecule has 0 bridgehead atoms. The Hall–Kier alpha value is -3.54. The van der Waals surface area contributed by atoms with Crippen molar-refractivity contribution in [2.75, 3.05) is 6.61 Å². The van der Waals surface area contributed by atoms with Crippen LogP contribution in [0.5, 0.6) is 11.5 Å². The third-order valence-electron chi connectivity index (χ3n) is 4.91. The molecule has 1 atom stereocenters. The highest BCUT2D eigenvalue weighted by atomic mass is 16.6. The number of aryl methyl sites for hydroxylation is 2. The van der Waals surface area contributed by atoms with Gasteiger partial charge in [-0.3, -0.25) is 4.79 Å². The molecular formula is C23H23N3O3. The number of carbonyl (C=O) groups excluding carboxylic acids is 1. The molecule has 2 aromatic carbocycles. The second-order valence-electron chi connectivity index (χ2n) is 7.10. The number of benzene rings is 2. The predicted molar refractivity (Wildman–Crippen MR) is 112 cm³/mol. The molecule has 0 saturated carbocycles. The van der Waals surface area contributed by atoms with Crippen molar-refractivity contribution in [1.29, 1.82) is 0 Å². The third kappa shape index (κ3) is 3.87. The van der Waals surface area contributed by atoms with E-state index in [9.17, 15) is 4.79 Å². The maximum atomic E-state index is 12.4. The summed E-state index contributed by atoms with van der Waals surface area (Å²) in [6.07, 6.45) is 0.922. The third-order valence-corrected chi connectivity index (χ3v) is 4.91. The average Bonchev–Trinajstić information content (AvgIpc) is 3.00. The quantitative estimate of drug-likeness (QED) is 0.547. The van der Waals surface area contributed by atoms with Crippen molar-refractivity contribution in [2.45, 2.75) is 26.9 Å². The lowest BCUT2D eigenvalue weighted by Gasteiger charge is -2.24. The first-order valence-corrected chi connectivity index (χ1v) is 9.50. The number of nitrogens with one attached hydrogen (secondary N) is 1. The van der Waals surface area contributed by atoms with Crippen molar-refractivity contribution in [2.24, 2.45) is 5.10 Å². The SMILES string of the molecule is Cc1cccc(-n2c(C)cc(/C=N\NC(=O)[C@@H]3COc4ccccc4O3)c2C)c1. The lowest BCUT2D eigenvalue weighted by atomic mass is 10.2. The Bertz CT molecular complexity index is 1080. The molecule has 1 aliphatic rings. The normalized spacial score (nSPS) is 15.5. The van der Waals surface area contributed by atoms with Crippen molar-refractivity contribution >= 4 is 12.1 Å². The fraction of sp³-hybridized carbons (Fsp3) is 0.217. The molecule has 6 nitrogen and oxygen atoms in total. The predicted octanol–water partition coefficient (Wildman–Crippen LogP) is 3.69. The average molecular weight is 389 g/mol. The topological polar surface area (TPSA) is 64.9 Å². The highest BCUT2D eigenvalue weighted by Gasteiger charge is 2.27. The number of hydrogen-bond donors (Lipinski definition) is 1. The molecule has 0 saturated heterocycles. The highest BCUT2D eigenvalue weighted by Crippen LogP contribution is 2.30. The van der Waals surface area contributed by atoms with E-state index in [1.54, 1.807) is 12.3 Å². The second kappa shape index (κ2) is 7.83. The Morgan fingerprint density at radius 1 is 1.10 bits per heavy atom. The van der Waals surface area contributed by atoms with Crippen LogP contribution < -0.4 is 14.9 Å². The summed E-state index contributed by atoms with van der Waals surface area (Å²) in [6.45, 7) is 6.31. The number of para-hydroxylation sites is 2. The van der Waals surface area contributed by atoms with Crippen LogP contribution in [0, 0.1) is 20.8 Å². The summed E-state index contributed by atoms with van der Waals surface area (Å²) < 4.78 is 13.4. The largest absolute Gasteiger partial charge is 0.485 e. The summed E-state index contributed by atoms with van der Waals surface area (Å²) in [5.74, 6) is 0.858. The summed E-state index contributed by atoms with van der Waals surface area (Å²) in [6, 6.07) is 17.7. The van der Waals surface area contributed by atoms with Gasteiger partial charge in [0.05, 0.1) is 6.21 Å². The molecule has 3 aromatic rings. The minimum absolute atomic E-state index is 0.153. The Balaban J connectivity index is 1.45. The Morgan fingerprint density at radius 3 is 2.69 bits per heavy atom. The van der Waals surface area contributed by atoms with E-state index >= 15 is 0 Å². The van der Waals surface area contributed by atoms with Gasteiger partial charge in [0.1, 0.15) is 6.61 Å². The molecule has 1 N–H and O–H groups in total. The van der Waals surface area contributed by atoms with Gasteiger partial charge in [-0.25, -0.2) is 5.43 Å². The number of rotatable bonds is 4. The van der Waals surface area contributed by atoms with Crippen molar-refractivity contribution in [1.82, 2.24) is 9.99 Å². The molecule has 2 heterocycles. The molecule has 0 spiro atoms. The fourth-order valence-corrected chi connectivity index (χ4v) is 3.47.